The molecule has 0 saturated carbocycles. The molecule has 14 heteroatoms. The predicted molar refractivity (Wildman–Crippen MR) is 192 cm³/mol. The van der Waals surface area contributed by atoms with Crippen LogP contribution in [0.25, 0.3) is 5.00 Å². The number of rotatable bonds is 10. The van der Waals surface area contributed by atoms with E-state index in [-0.39, 0.29) is 49.2 Å². The quantitative estimate of drug-likeness (QED) is 0.119. The second-order valence-electron chi connectivity index (χ2n) is 11.6. The Morgan fingerprint density at radius 2 is 1.78 bits per heavy atom. The minimum Gasteiger partial charge on any atom is -0.465 e. The van der Waals surface area contributed by atoms with Crippen LogP contribution in [0, 0.1) is 32.6 Å². The third-order valence-corrected chi connectivity index (χ3v) is 9.44. The van der Waals surface area contributed by atoms with Crippen LogP contribution in [-0.4, -0.2) is 64.4 Å². The molecule has 0 bridgehead atoms. The Morgan fingerprint density at radius 1 is 1.02 bits per heavy atom. The van der Waals surface area contributed by atoms with E-state index in [1.807, 2.05) is 35.8 Å². The predicted octanol–water partition coefficient (Wildman–Crippen LogP) is 5.00. The van der Waals surface area contributed by atoms with E-state index in [9.17, 15) is 19.2 Å². The number of halogens is 1. The molecule has 3 heterocycles. The first-order valence-corrected chi connectivity index (χ1v) is 17.0. The first-order valence-electron chi connectivity index (χ1n) is 15.9. The molecule has 1 aliphatic heterocycles. The van der Waals surface area contributed by atoms with Crippen LogP contribution in [0.15, 0.2) is 47.5 Å². The second-order valence-corrected chi connectivity index (χ2v) is 13.2. The number of anilines is 1. The van der Waals surface area contributed by atoms with Gasteiger partial charge < -0.3 is 20.7 Å². The van der Waals surface area contributed by atoms with Gasteiger partial charge in [-0.05, 0) is 63.1 Å². The Hall–Kier alpha value is -5.32. The number of carbonyl (C=O) groups is 4. The normalized spacial score (nSPS) is 13.1. The number of aliphatic imine (C=N–C) groups is 1. The number of hydrogen-bond acceptors (Lipinski definition) is 9. The summed E-state index contributed by atoms with van der Waals surface area (Å²) < 4.78 is 6.82. The number of thiophene rings is 1. The molecular weight excluding hydrogens is 678 g/mol. The molecule has 258 valence electrons. The number of nitrogens with zero attached hydrogens (tertiary/aromatic N) is 4. The van der Waals surface area contributed by atoms with E-state index in [4.69, 9.17) is 21.3 Å². The highest BCUT2D eigenvalue weighted by Crippen LogP contribution is 2.39. The summed E-state index contributed by atoms with van der Waals surface area (Å²) in [5, 5.41) is 18.6. The van der Waals surface area contributed by atoms with E-state index in [0.717, 1.165) is 32.3 Å². The molecule has 5 rings (SSSR count). The van der Waals surface area contributed by atoms with Crippen molar-refractivity contribution in [2.75, 3.05) is 25.5 Å². The zero-order valence-electron chi connectivity index (χ0n) is 28.3. The van der Waals surface area contributed by atoms with Crippen LogP contribution in [-0.2, 0) is 19.1 Å². The number of methoxy groups -OCH3 is 1. The van der Waals surface area contributed by atoms with Gasteiger partial charge in [-0.15, -0.1) is 21.5 Å². The molecule has 3 amide bonds. The van der Waals surface area contributed by atoms with Gasteiger partial charge in [0, 0.05) is 52.2 Å². The summed E-state index contributed by atoms with van der Waals surface area (Å²) in [4.78, 5) is 55.6. The molecule has 12 nitrogen and oxygen atoms in total. The first-order chi connectivity index (χ1) is 24.0. The van der Waals surface area contributed by atoms with Crippen molar-refractivity contribution in [2.45, 2.75) is 53.0 Å². The van der Waals surface area contributed by atoms with Crippen LogP contribution in [0.3, 0.4) is 0 Å². The highest BCUT2D eigenvalue weighted by atomic mass is 35.5. The summed E-state index contributed by atoms with van der Waals surface area (Å²) in [5.41, 5.74) is 4.75. The van der Waals surface area contributed by atoms with Gasteiger partial charge in [0.1, 0.15) is 16.9 Å². The van der Waals surface area contributed by atoms with Gasteiger partial charge >= 0.3 is 5.97 Å². The lowest BCUT2D eigenvalue weighted by molar-refractivity contribution is -0.122. The Bertz CT molecular complexity index is 2060. The monoisotopic (exact) mass is 713 g/mol. The molecule has 50 heavy (non-hydrogen) atoms. The van der Waals surface area contributed by atoms with Gasteiger partial charge in [-0.25, -0.2) is 4.79 Å². The van der Waals surface area contributed by atoms with E-state index in [2.05, 4.69) is 51.8 Å². The van der Waals surface area contributed by atoms with E-state index < -0.39 is 12.0 Å². The summed E-state index contributed by atoms with van der Waals surface area (Å²) in [7, 11) is 1.27. The molecule has 0 aliphatic carbocycles. The van der Waals surface area contributed by atoms with Crippen molar-refractivity contribution in [1.82, 2.24) is 25.4 Å². The maximum atomic E-state index is 13.3. The van der Waals surface area contributed by atoms with Crippen molar-refractivity contribution in [3.63, 3.8) is 0 Å². The molecule has 0 saturated heterocycles. The highest BCUT2D eigenvalue weighted by Gasteiger charge is 2.32. The topological polar surface area (TPSA) is 157 Å². The lowest BCUT2D eigenvalue weighted by atomic mass is 9.99. The fourth-order valence-corrected chi connectivity index (χ4v) is 6.74. The second kappa shape index (κ2) is 15.9. The maximum absolute atomic E-state index is 13.3. The summed E-state index contributed by atoms with van der Waals surface area (Å²) >= 11 is 7.84. The molecule has 2 aromatic heterocycles. The van der Waals surface area contributed by atoms with Crippen molar-refractivity contribution in [1.29, 1.82) is 0 Å². The third-order valence-electron chi connectivity index (χ3n) is 8.00. The smallest absolute Gasteiger partial charge is 0.339 e. The highest BCUT2D eigenvalue weighted by molar-refractivity contribution is 7.15. The number of esters is 1. The zero-order valence-corrected chi connectivity index (χ0v) is 29.8. The molecule has 0 spiro atoms. The van der Waals surface area contributed by atoms with Gasteiger partial charge in [-0.1, -0.05) is 35.6 Å². The van der Waals surface area contributed by atoms with Gasteiger partial charge in [0.05, 0.1) is 31.4 Å². The Labute approximate surface area is 298 Å². The molecule has 0 fully saturated rings. The first kappa shape index (κ1) is 36.0. The molecule has 4 aromatic rings. The average molecular weight is 714 g/mol. The molecule has 0 radical (unpaired) electrons. The minimum atomic E-state index is -0.604. The van der Waals surface area contributed by atoms with Crippen LogP contribution < -0.4 is 16.0 Å². The number of nitrogens with one attached hydrogen (secondary N) is 3. The van der Waals surface area contributed by atoms with Crippen molar-refractivity contribution >= 4 is 58.0 Å². The number of benzene rings is 2. The number of amides is 3. The number of hydrogen-bond donors (Lipinski definition) is 3. The number of carbonyl (C=O) groups excluding carboxylic acids is 4. The summed E-state index contributed by atoms with van der Waals surface area (Å²) in [6, 6.07) is 11.6. The Kier molecular flexibility index (Phi) is 11.5. The number of fused-ring (bicyclic) bond motifs is 3. The lowest BCUT2D eigenvalue weighted by Gasteiger charge is -2.13. The standard InChI is InChI=1S/C36H36ClN7O5S/c1-20-21(2)50-35-32(20)33(24-10-12-26(37)13-11-24)41-29(34-43-42-22(3)44(34)35)19-31(47)39-17-7-9-30(46)40-27-14-15-28(36(48)49-5)25(18-27)8-6-16-38-23(4)45/h10-15,18,29H,7,9,16-17,19H2,1-5H3,(H,38,45)(H,39,47)(H,40,46)/t29-/m0/s1. The van der Waals surface area contributed by atoms with Crippen LogP contribution >= 0.6 is 22.9 Å². The SMILES string of the molecule is COC(=O)c1ccc(NC(=O)CCCNC(=O)C[C@@H]2N=C(c3ccc(Cl)cc3)c3c(sc(C)c3C)-n3c(C)nnc32)cc1C#CCNC(C)=O. The van der Waals surface area contributed by atoms with Crippen LogP contribution in [0.1, 0.15) is 81.4 Å². The van der Waals surface area contributed by atoms with Gasteiger partial charge in [0.25, 0.3) is 0 Å². The fraction of sp³-hybridized carbons (Fsp3) is 0.306. The lowest BCUT2D eigenvalue weighted by Crippen LogP contribution is -2.27. The molecule has 2 aromatic carbocycles. The maximum Gasteiger partial charge on any atom is 0.339 e. The Morgan fingerprint density at radius 3 is 2.50 bits per heavy atom. The van der Waals surface area contributed by atoms with Crippen LogP contribution in [0.2, 0.25) is 5.02 Å². The van der Waals surface area contributed by atoms with Crippen LogP contribution in [0.4, 0.5) is 5.69 Å². The van der Waals surface area contributed by atoms with E-state index in [1.54, 1.807) is 23.5 Å². The zero-order chi connectivity index (χ0) is 35.9. The number of ether oxygens (including phenoxy) is 1. The largest absolute Gasteiger partial charge is 0.465 e. The van der Waals surface area contributed by atoms with Crippen molar-refractivity contribution in [2.24, 2.45) is 4.99 Å². The molecule has 3 N–H and O–H groups in total. The van der Waals surface area contributed by atoms with Crippen molar-refractivity contribution < 1.29 is 23.9 Å². The third kappa shape index (κ3) is 8.27. The van der Waals surface area contributed by atoms with E-state index in [1.165, 1.54) is 20.1 Å². The summed E-state index contributed by atoms with van der Waals surface area (Å²) in [5.74, 6) is 5.60. The van der Waals surface area contributed by atoms with Crippen molar-refractivity contribution in [3.05, 3.63) is 91.8 Å². The molecule has 1 aliphatic rings. The average Bonchev–Trinajstić information content (AvgIpc) is 3.56. The van der Waals surface area contributed by atoms with E-state index in [0.29, 0.717) is 34.3 Å². The molecule has 0 unspecified atom stereocenters. The molecular formula is C36H36ClN7O5S. The molecule has 1 atom stereocenters. The van der Waals surface area contributed by atoms with Gasteiger partial charge in [0.2, 0.25) is 17.7 Å². The number of aromatic nitrogens is 3. The summed E-state index contributed by atoms with van der Waals surface area (Å²) in [6.45, 7) is 7.78. The fourth-order valence-electron chi connectivity index (χ4n) is 5.40. The minimum absolute atomic E-state index is 0.0344. The number of aryl methyl sites for hydroxylation is 2. The van der Waals surface area contributed by atoms with Gasteiger partial charge in [-0.3, -0.25) is 23.9 Å². The van der Waals surface area contributed by atoms with Gasteiger partial charge in [0.15, 0.2) is 5.82 Å². The summed E-state index contributed by atoms with van der Waals surface area (Å²) in [6.07, 6.45) is 0.556. The van der Waals surface area contributed by atoms with Crippen molar-refractivity contribution in [3.8, 4) is 16.8 Å². The van der Waals surface area contributed by atoms with Gasteiger partial charge in [-0.2, -0.15) is 0 Å². The van der Waals surface area contributed by atoms with E-state index >= 15 is 0 Å². The Balaban J connectivity index is 1.23. The van der Waals surface area contributed by atoms with Crippen LogP contribution in [0.5, 0.6) is 0 Å².